The van der Waals surface area contributed by atoms with Gasteiger partial charge in [0, 0.05) is 11.7 Å². The average Bonchev–Trinajstić information content (AvgIpc) is 2.69. The Morgan fingerprint density at radius 1 is 1.14 bits per heavy atom. The lowest BCUT2D eigenvalue weighted by Crippen LogP contribution is -2.26. The van der Waals surface area contributed by atoms with Gasteiger partial charge in [-0.2, -0.15) is 0 Å². The summed E-state index contributed by atoms with van der Waals surface area (Å²) >= 11 is 1.30. The number of nitrogens with zero attached hydrogens (tertiary/aromatic N) is 2. The number of aromatic nitrogens is 2. The highest BCUT2D eigenvalue weighted by Gasteiger charge is 2.17. The molecule has 146 valence electrons. The van der Waals surface area contributed by atoms with Gasteiger partial charge in [0.1, 0.15) is 0 Å². The fourth-order valence-corrected chi connectivity index (χ4v) is 4.01. The van der Waals surface area contributed by atoms with Gasteiger partial charge in [-0.25, -0.2) is 4.98 Å². The molecule has 0 bridgehead atoms. The number of carbonyl (C=O) groups is 1. The second-order valence-corrected chi connectivity index (χ2v) is 7.89. The largest absolute Gasteiger partial charge is 0.325 e. The number of carbonyl (C=O) groups excluding carboxylic acids is 1. The van der Waals surface area contributed by atoms with E-state index in [1.165, 1.54) is 11.8 Å². The maximum absolute atomic E-state index is 13.0. The summed E-state index contributed by atoms with van der Waals surface area (Å²) in [6.07, 6.45) is 0.808. The lowest BCUT2D eigenvalue weighted by molar-refractivity contribution is -0.113. The highest BCUT2D eigenvalue weighted by atomic mass is 32.2. The minimum absolute atomic E-state index is 0.00813. The van der Waals surface area contributed by atoms with Gasteiger partial charge in [0.05, 0.1) is 16.7 Å². The molecule has 1 N–H and O–H groups in total. The molecule has 1 atom stereocenters. The molecule has 1 aromatic heterocycles. The van der Waals surface area contributed by atoms with Crippen LogP contribution in [0.4, 0.5) is 5.69 Å². The Labute approximate surface area is 169 Å². The fourth-order valence-electron chi connectivity index (χ4n) is 3.12. The van der Waals surface area contributed by atoms with Crippen molar-refractivity contribution in [2.75, 3.05) is 11.1 Å². The van der Waals surface area contributed by atoms with Crippen molar-refractivity contribution in [3.8, 4) is 0 Å². The van der Waals surface area contributed by atoms with Gasteiger partial charge in [-0.1, -0.05) is 49.0 Å². The highest BCUT2D eigenvalue weighted by molar-refractivity contribution is 7.99. The number of hydrogen-bond acceptors (Lipinski definition) is 4. The Balaban J connectivity index is 1.87. The molecule has 0 aliphatic carbocycles. The van der Waals surface area contributed by atoms with Crippen LogP contribution in [0, 0.1) is 13.8 Å². The molecule has 0 spiro atoms. The zero-order valence-electron chi connectivity index (χ0n) is 16.7. The zero-order valence-corrected chi connectivity index (χ0v) is 17.5. The van der Waals surface area contributed by atoms with Crippen molar-refractivity contribution in [3.05, 3.63) is 63.9 Å². The summed E-state index contributed by atoms with van der Waals surface area (Å²) < 4.78 is 1.71. The normalized spacial score (nSPS) is 12.1. The highest BCUT2D eigenvalue weighted by Crippen LogP contribution is 2.24. The van der Waals surface area contributed by atoms with Crippen LogP contribution in [-0.2, 0) is 4.79 Å². The van der Waals surface area contributed by atoms with Gasteiger partial charge in [-0.15, -0.1) is 0 Å². The van der Waals surface area contributed by atoms with Crippen molar-refractivity contribution in [3.63, 3.8) is 0 Å². The van der Waals surface area contributed by atoms with Crippen LogP contribution in [0.3, 0.4) is 0 Å². The number of fused-ring (bicyclic) bond motifs is 1. The van der Waals surface area contributed by atoms with Gasteiger partial charge in [0.25, 0.3) is 5.56 Å². The molecule has 3 aromatic rings. The van der Waals surface area contributed by atoms with E-state index in [1.54, 1.807) is 10.6 Å². The number of hydrogen-bond donors (Lipinski definition) is 1. The smallest absolute Gasteiger partial charge is 0.262 e. The first-order valence-electron chi connectivity index (χ1n) is 9.42. The molecule has 0 saturated heterocycles. The van der Waals surface area contributed by atoms with E-state index in [-0.39, 0.29) is 23.3 Å². The van der Waals surface area contributed by atoms with Gasteiger partial charge in [0.15, 0.2) is 5.16 Å². The number of aryl methyl sites for hydroxylation is 2. The minimum atomic E-state index is -0.111. The molecule has 0 saturated carbocycles. The van der Waals surface area contributed by atoms with Crippen LogP contribution >= 0.6 is 11.8 Å². The van der Waals surface area contributed by atoms with Gasteiger partial charge in [-0.3, -0.25) is 14.2 Å². The molecule has 0 radical (unpaired) electrons. The van der Waals surface area contributed by atoms with Gasteiger partial charge in [-0.05, 0) is 50.5 Å². The first-order valence-corrected chi connectivity index (χ1v) is 10.4. The van der Waals surface area contributed by atoms with Crippen LogP contribution in [0.2, 0.25) is 0 Å². The van der Waals surface area contributed by atoms with Crippen LogP contribution in [0.1, 0.15) is 37.4 Å². The van der Waals surface area contributed by atoms with E-state index in [0.717, 1.165) is 23.2 Å². The van der Waals surface area contributed by atoms with Crippen molar-refractivity contribution >= 4 is 34.3 Å². The Morgan fingerprint density at radius 2 is 1.82 bits per heavy atom. The maximum atomic E-state index is 13.0. The van der Waals surface area contributed by atoms with Crippen molar-refractivity contribution in [2.45, 2.75) is 45.3 Å². The SMILES string of the molecule is CC[C@H](C)n1c(SCC(=O)Nc2c(C)cccc2C)nc2ccccc2c1=O. The molecule has 6 heteroatoms. The van der Waals surface area contributed by atoms with Crippen molar-refractivity contribution in [1.29, 1.82) is 0 Å². The number of amides is 1. The topological polar surface area (TPSA) is 64.0 Å². The predicted octanol–water partition coefficient (Wildman–Crippen LogP) is 4.72. The second kappa shape index (κ2) is 8.61. The van der Waals surface area contributed by atoms with Gasteiger partial charge >= 0.3 is 0 Å². The summed E-state index contributed by atoms with van der Waals surface area (Å²) in [6.45, 7) is 7.98. The van der Waals surface area contributed by atoms with Crippen LogP contribution in [-0.4, -0.2) is 21.2 Å². The van der Waals surface area contributed by atoms with Crippen molar-refractivity contribution in [1.82, 2.24) is 9.55 Å². The first-order chi connectivity index (χ1) is 13.4. The summed E-state index contributed by atoms with van der Waals surface area (Å²) in [5, 5.41) is 4.17. The summed E-state index contributed by atoms with van der Waals surface area (Å²) in [6, 6.07) is 13.3. The van der Waals surface area contributed by atoms with E-state index >= 15 is 0 Å². The van der Waals surface area contributed by atoms with E-state index in [2.05, 4.69) is 10.3 Å². The van der Waals surface area contributed by atoms with Crippen LogP contribution in [0.25, 0.3) is 10.9 Å². The van der Waals surface area contributed by atoms with Gasteiger partial charge in [0.2, 0.25) is 5.91 Å². The molecule has 0 unspecified atom stereocenters. The molecule has 28 heavy (non-hydrogen) atoms. The molecule has 0 aliphatic heterocycles. The third kappa shape index (κ3) is 4.12. The minimum Gasteiger partial charge on any atom is -0.325 e. The second-order valence-electron chi connectivity index (χ2n) is 6.95. The average molecular weight is 396 g/mol. The maximum Gasteiger partial charge on any atom is 0.262 e. The lowest BCUT2D eigenvalue weighted by Gasteiger charge is -2.18. The van der Waals surface area contributed by atoms with E-state index in [1.807, 2.05) is 64.1 Å². The summed E-state index contributed by atoms with van der Waals surface area (Å²) in [4.78, 5) is 30.2. The molecule has 0 fully saturated rings. The standard InChI is InChI=1S/C22H25N3O2S/c1-5-16(4)25-21(27)17-11-6-7-12-18(17)23-22(25)28-13-19(26)24-20-14(2)9-8-10-15(20)3/h6-12,16H,5,13H2,1-4H3,(H,24,26)/t16-/m0/s1. The Morgan fingerprint density at radius 3 is 2.50 bits per heavy atom. The Hall–Kier alpha value is -2.60. The van der Waals surface area contributed by atoms with E-state index in [4.69, 9.17) is 0 Å². The number of thioether (sulfide) groups is 1. The number of para-hydroxylation sites is 2. The van der Waals surface area contributed by atoms with Crippen LogP contribution < -0.4 is 10.9 Å². The number of anilines is 1. The quantitative estimate of drug-likeness (QED) is 0.485. The molecular weight excluding hydrogens is 370 g/mol. The summed E-state index contributed by atoms with van der Waals surface area (Å²) in [5.74, 6) is 0.0788. The lowest BCUT2D eigenvalue weighted by atomic mass is 10.1. The number of nitrogens with one attached hydrogen (secondary N) is 1. The van der Waals surface area contributed by atoms with Gasteiger partial charge < -0.3 is 5.32 Å². The molecule has 3 rings (SSSR count). The third-order valence-corrected chi connectivity index (χ3v) is 5.84. The summed E-state index contributed by atoms with van der Waals surface area (Å²) in [5.41, 5.74) is 3.50. The molecule has 0 aliphatic rings. The molecular formula is C22H25N3O2S. The first kappa shape index (κ1) is 20.1. The third-order valence-electron chi connectivity index (χ3n) is 4.88. The van der Waals surface area contributed by atoms with Crippen LogP contribution in [0.5, 0.6) is 0 Å². The Bertz CT molecular complexity index is 1050. The monoisotopic (exact) mass is 395 g/mol. The Kier molecular flexibility index (Phi) is 6.19. The summed E-state index contributed by atoms with van der Waals surface area (Å²) in [7, 11) is 0. The van der Waals surface area contributed by atoms with E-state index in [9.17, 15) is 9.59 Å². The predicted molar refractivity (Wildman–Crippen MR) is 116 cm³/mol. The molecule has 1 amide bonds. The van der Waals surface area contributed by atoms with Crippen molar-refractivity contribution in [2.24, 2.45) is 0 Å². The molecule has 1 heterocycles. The van der Waals surface area contributed by atoms with E-state index in [0.29, 0.717) is 16.1 Å². The zero-order chi connectivity index (χ0) is 20.3. The van der Waals surface area contributed by atoms with E-state index < -0.39 is 0 Å². The fraction of sp³-hybridized carbons (Fsp3) is 0.318. The van der Waals surface area contributed by atoms with Crippen molar-refractivity contribution < 1.29 is 4.79 Å². The number of benzene rings is 2. The molecule has 2 aromatic carbocycles. The molecule has 5 nitrogen and oxygen atoms in total. The number of rotatable bonds is 6. The van der Waals surface area contributed by atoms with Crippen LogP contribution in [0.15, 0.2) is 52.4 Å².